The van der Waals surface area contributed by atoms with E-state index >= 15 is 0 Å². The number of ether oxygens (including phenoxy) is 1. The minimum atomic E-state index is -0.644. The highest BCUT2D eigenvalue weighted by molar-refractivity contribution is 5.31. The number of nitrogens with one attached hydrogen (secondary N) is 1. The molecular formula is C14H21F2NO. The number of hydrogen-bond acceptors (Lipinski definition) is 2. The fourth-order valence-electron chi connectivity index (χ4n) is 1.52. The van der Waals surface area contributed by atoms with Crippen LogP contribution in [0.2, 0.25) is 0 Å². The first-order valence-corrected chi connectivity index (χ1v) is 6.09. The van der Waals surface area contributed by atoms with Gasteiger partial charge in [-0.2, -0.15) is 0 Å². The Balaban J connectivity index is 2.71. The van der Waals surface area contributed by atoms with Crippen molar-refractivity contribution in [3.8, 4) is 5.75 Å². The van der Waals surface area contributed by atoms with Crippen molar-refractivity contribution in [1.82, 2.24) is 5.32 Å². The minimum Gasteiger partial charge on any atom is -0.488 e. The van der Waals surface area contributed by atoms with Gasteiger partial charge in [0.25, 0.3) is 0 Å². The maximum Gasteiger partial charge on any atom is 0.190 e. The molecule has 0 bridgehead atoms. The number of benzene rings is 1. The van der Waals surface area contributed by atoms with Crippen molar-refractivity contribution in [3.05, 3.63) is 29.3 Å². The van der Waals surface area contributed by atoms with Crippen molar-refractivity contribution < 1.29 is 13.5 Å². The molecule has 1 rings (SSSR count). The van der Waals surface area contributed by atoms with E-state index in [1.165, 1.54) is 12.1 Å². The van der Waals surface area contributed by atoms with Crippen LogP contribution in [0.15, 0.2) is 12.1 Å². The summed E-state index contributed by atoms with van der Waals surface area (Å²) in [6, 6.07) is 2.60. The Bertz CT molecular complexity index is 376. The van der Waals surface area contributed by atoms with Crippen LogP contribution in [0.5, 0.6) is 5.75 Å². The predicted octanol–water partition coefficient (Wildman–Crippen LogP) is 3.50. The van der Waals surface area contributed by atoms with Crippen molar-refractivity contribution in [3.63, 3.8) is 0 Å². The van der Waals surface area contributed by atoms with Crippen LogP contribution >= 0.6 is 0 Å². The van der Waals surface area contributed by atoms with Crippen molar-refractivity contribution in [2.75, 3.05) is 13.7 Å². The van der Waals surface area contributed by atoms with Crippen molar-refractivity contribution in [2.45, 2.75) is 33.7 Å². The molecule has 0 radical (unpaired) electrons. The molecule has 102 valence electrons. The van der Waals surface area contributed by atoms with Gasteiger partial charge in [0.1, 0.15) is 0 Å². The molecule has 0 spiro atoms. The Kier molecular flexibility index (Phi) is 5.08. The highest BCUT2D eigenvalue weighted by atomic mass is 19.1. The largest absolute Gasteiger partial charge is 0.488 e. The molecule has 0 saturated heterocycles. The lowest BCUT2D eigenvalue weighted by Gasteiger charge is -2.18. The first-order valence-electron chi connectivity index (χ1n) is 6.09. The second-order valence-electron chi connectivity index (χ2n) is 5.58. The summed E-state index contributed by atoms with van der Waals surface area (Å²) in [7, 11) is 1.73. The molecule has 0 amide bonds. The summed E-state index contributed by atoms with van der Waals surface area (Å²) >= 11 is 0. The van der Waals surface area contributed by atoms with Gasteiger partial charge >= 0.3 is 0 Å². The van der Waals surface area contributed by atoms with E-state index in [0.29, 0.717) is 18.7 Å². The Morgan fingerprint density at radius 3 is 2.17 bits per heavy atom. The predicted molar refractivity (Wildman–Crippen MR) is 68.7 cm³/mol. The van der Waals surface area contributed by atoms with Crippen molar-refractivity contribution >= 4 is 0 Å². The van der Waals surface area contributed by atoms with E-state index in [1.807, 2.05) is 0 Å². The van der Waals surface area contributed by atoms with Gasteiger partial charge in [-0.1, -0.05) is 20.8 Å². The molecular weight excluding hydrogens is 236 g/mol. The molecule has 0 unspecified atom stereocenters. The summed E-state index contributed by atoms with van der Waals surface area (Å²) in [6.07, 6.45) is 0.740. The third kappa shape index (κ3) is 4.61. The summed E-state index contributed by atoms with van der Waals surface area (Å²) in [5.41, 5.74) is 0.648. The average molecular weight is 257 g/mol. The zero-order valence-electron chi connectivity index (χ0n) is 11.4. The Morgan fingerprint density at radius 2 is 1.72 bits per heavy atom. The fraction of sp³-hybridized carbons (Fsp3) is 0.571. The Labute approximate surface area is 107 Å². The molecule has 4 heteroatoms. The van der Waals surface area contributed by atoms with Gasteiger partial charge in [-0.05, 0) is 36.6 Å². The summed E-state index contributed by atoms with van der Waals surface area (Å²) in [6.45, 7) is 6.90. The van der Waals surface area contributed by atoms with Crippen LogP contribution in [0, 0.1) is 17.0 Å². The number of rotatable bonds is 5. The SMILES string of the molecule is CNCc1cc(F)c(OCCC(C)(C)C)c(F)c1. The van der Waals surface area contributed by atoms with Gasteiger partial charge < -0.3 is 10.1 Å². The third-order valence-corrected chi connectivity index (χ3v) is 2.54. The Hall–Kier alpha value is -1.16. The standard InChI is InChI=1S/C14H21F2NO/c1-14(2,3)5-6-18-13-11(15)7-10(9-17-4)8-12(13)16/h7-8,17H,5-6,9H2,1-4H3. The molecule has 1 aromatic rings. The van der Waals surface area contributed by atoms with Gasteiger partial charge in [-0.25, -0.2) is 8.78 Å². The van der Waals surface area contributed by atoms with E-state index in [2.05, 4.69) is 26.1 Å². The highest BCUT2D eigenvalue weighted by Gasteiger charge is 2.15. The van der Waals surface area contributed by atoms with Crippen LogP contribution in [-0.4, -0.2) is 13.7 Å². The first kappa shape index (κ1) is 14.9. The molecule has 1 N–H and O–H groups in total. The number of halogens is 2. The maximum absolute atomic E-state index is 13.7. The molecule has 2 nitrogen and oxygen atoms in total. The number of hydrogen-bond donors (Lipinski definition) is 1. The van der Waals surface area contributed by atoms with Gasteiger partial charge in [0.2, 0.25) is 0 Å². The quantitative estimate of drug-likeness (QED) is 0.871. The second kappa shape index (κ2) is 6.14. The molecule has 0 heterocycles. The molecule has 0 fully saturated rings. The van der Waals surface area contributed by atoms with Crippen LogP contribution < -0.4 is 10.1 Å². The fourth-order valence-corrected chi connectivity index (χ4v) is 1.52. The van der Waals surface area contributed by atoms with Crippen molar-refractivity contribution in [1.29, 1.82) is 0 Å². The van der Waals surface area contributed by atoms with Crippen LogP contribution in [0.1, 0.15) is 32.8 Å². The van der Waals surface area contributed by atoms with E-state index in [1.54, 1.807) is 7.05 Å². The zero-order valence-corrected chi connectivity index (χ0v) is 11.4. The maximum atomic E-state index is 13.7. The summed E-state index contributed by atoms with van der Waals surface area (Å²) < 4.78 is 32.5. The van der Waals surface area contributed by atoms with E-state index in [9.17, 15) is 8.78 Å². The van der Waals surface area contributed by atoms with E-state index in [0.717, 1.165) is 6.42 Å². The zero-order chi connectivity index (χ0) is 13.8. The Morgan fingerprint density at radius 1 is 1.17 bits per heavy atom. The van der Waals surface area contributed by atoms with Crippen LogP contribution in [0.4, 0.5) is 8.78 Å². The molecule has 0 aliphatic heterocycles. The van der Waals surface area contributed by atoms with Gasteiger partial charge in [0.05, 0.1) is 6.61 Å². The van der Waals surface area contributed by atoms with Crippen LogP contribution in [0.25, 0.3) is 0 Å². The lowest BCUT2D eigenvalue weighted by Crippen LogP contribution is -2.12. The topological polar surface area (TPSA) is 21.3 Å². The van der Waals surface area contributed by atoms with E-state index < -0.39 is 11.6 Å². The van der Waals surface area contributed by atoms with Gasteiger partial charge in [0.15, 0.2) is 17.4 Å². The first-order chi connectivity index (χ1) is 8.33. The molecule has 0 aliphatic rings. The van der Waals surface area contributed by atoms with Crippen molar-refractivity contribution in [2.24, 2.45) is 5.41 Å². The molecule has 0 aliphatic carbocycles. The normalized spacial score (nSPS) is 11.7. The lowest BCUT2D eigenvalue weighted by atomic mass is 9.93. The molecule has 18 heavy (non-hydrogen) atoms. The third-order valence-electron chi connectivity index (χ3n) is 2.54. The smallest absolute Gasteiger partial charge is 0.190 e. The molecule has 0 saturated carbocycles. The van der Waals surface area contributed by atoms with Crippen LogP contribution in [-0.2, 0) is 6.54 Å². The average Bonchev–Trinajstić information content (AvgIpc) is 2.21. The van der Waals surface area contributed by atoms with Gasteiger partial charge in [-0.15, -0.1) is 0 Å². The molecule has 0 aromatic heterocycles. The monoisotopic (exact) mass is 257 g/mol. The summed E-state index contributed by atoms with van der Waals surface area (Å²) in [4.78, 5) is 0. The minimum absolute atomic E-state index is 0.0824. The highest BCUT2D eigenvalue weighted by Crippen LogP contribution is 2.25. The van der Waals surface area contributed by atoms with Gasteiger partial charge in [0, 0.05) is 6.54 Å². The van der Waals surface area contributed by atoms with Gasteiger partial charge in [-0.3, -0.25) is 0 Å². The molecule has 0 atom stereocenters. The second-order valence-corrected chi connectivity index (χ2v) is 5.58. The van der Waals surface area contributed by atoms with E-state index in [-0.39, 0.29) is 11.2 Å². The summed E-state index contributed by atoms with van der Waals surface area (Å²) in [5, 5.41) is 2.85. The molecule has 1 aromatic carbocycles. The lowest BCUT2D eigenvalue weighted by molar-refractivity contribution is 0.226. The van der Waals surface area contributed by atoms with E-state index in [4.69, 9.17) is 4.74 Å². The van der Waals surface area contributed by atoms with Crippen LogP contribution in [0.3, 0.4) is 0 Å². The summed E-state index contributed by atoms with van der Waals surface area (Å²) in [5.74, 6) is -1.57.